The Bertz CT molecular complexity index is 1160. The van der Waals surface area contributed by atoms with E-state index in [1.54, 1.807) is 36.5 Å². The molecule has 0 aliphatic rings. The number of hydrogen-bond donors (Lipinski definition) is 3. The van der Waals surface area contributed by atoms with E-state index in [2.05, 4.69) is 15.3 Å². The Morgan fingerprint density at radius 2 is 2.04 bits per heavy atom. The van der Waals surface area contributed by atoms with Crippen LogP contribution >= 0.6 is 11.6 Å². The number of fused-ring (bicyclic) bond motifs is 1. The second-order valence-corrected chi connectivity index (χ2v) is 6.11. The number of aromatic carboxylic acids is 1. The molecule has 0 radical (unpaired) electrons. The summed E-state index contributed by atoms with van der Waals surface area (Å²) < 4.78 is 5.39. The summed E-state index contributed by atoms with van der Waals surface area (Å²) in [5, 5.41) is 23.7. The molecule has 4 aromatic rings. The van der Waals surface area contributed by atoms with Crippen molar-refractivity contribution in [2.75, 3.05) is 5.32 Å². The number of phenols is 1. The van der Waals surface area contributed by atoms with Crippen molar-refractivity contribution in [3.63, 3.8) is 0 Å². The van der Waals surface area contributed by atoms with Gasteiger partial charge in [-0.15, -0.1) is 0 Å². The Balaban J connectivity index is 1.98. The van der Waals surface area contributed by atoms with E-state index in [0.29, 0.717) is 33.1 Å². The molecule has 0 fully saturated rings. The molecule has 0 aliphatic heterocycles. The standard InChI is InChI=1S/C19H12ClN3O4/c20-10-4-5-13-11(8-10)17(12(9-22-13)18-21-6-7-27-18)23-14-2-1-3-15(24)16(14)19(25)26/h1-9,24H,(H,22,23)(H,25,26). The summed E-state index contributed by atoms with van der Waals surface area (Å²) in [5.41, 5.74) is 1.65. The zero-order chi connectivity index (χ0) is 19.0. The van der Waals surface area contributed by atoms with Crippen LogP contribution in [0.15, 0.2) is 59.5 Å². The van der Waals surface area contributed by atoms with Crippen LogP contribution in [-0.4, -0.2) is 26.2 Å². The van der Waals surface area contributed by atoms with Gasteiger partial charge in [0.15, 0.2) is 0 Å². The third-order valence-electron chi connectivity index (χ3n) is 4.01. The van der Waals surface area contributed by atoms with Gasteiger partial charge in [-0.3, -0.25) is 4.98 Å². The number of aromatic nitrogens is 2. The van der Waals surface area contributed by atoms with Crippen LogP contribution in [-0.2, 0) is 0 Å². The third-order valence-corrected chi connectivity index (χ3v) is 4.24. The van der Waals surface area contributed by atoms with Crippen LogP contribution < -0.4 is 5.32 Å². The van der Waals surface area contributed by atoms with Crippen LogP contribution in [0, 0.1) is 0 Å². The van der Waals surface area contributed by atoms with E-state index in [-0.39, 0.29) is 17.0 Å². The summed E-state index contributed by atoms with van der Waals surface area (Å²) in [6.45, 7) is 0. The second-order valence-electron chi connectivity index (χ2n) is 5.68. The lowest BCUT2D eigenvalue weighted by Gasteiger charge is -2.15. The van der Waals surface area contributed by atoms with E-state index in [1.165, 1.54) is 18.5 Å². The highest BCUT2D eigenvalue weighted by molar-refractivity contribution is 6.31. The van der Waals surface area contributed by atoms with Crippen LogP contribution in [0.3, 0.4) is 0 Å². The zero-order valence-corrected chi connectivity index (χ0v) is 14.4. The van der Waals surface area contributed by atoms with Crippen LogP contribution in [0.1, 0.15) is 10.4 Å². The van der Waals surface area contributed by atoms with Crippen molar-refractivity contribution in [3.05, 3.63) is 65.6 Å². The van der Waals surface area contributed by atoms with Crippen molar-refractivity contribution in [3.8, 4) is 17.2 Å². The Labute approximate surface area is 157 Å². The molecule has 0 amide bonds. The average molecular weight is 382 g/mol. The van der Waals surface area contributed by atoms with Crippen molar-refractivity contribution in [1.29, 1.82) is 0 Å². The number of anilines is 2. The minimum Gasteiger partial charge on any atom is -0.507 e. The van der Waals surface area contributed by atoms with Crippen molar-refractivity contribution in [2.45, 2.75) is 0 Å². The van der Waals surface area contributed by atoms with E-state index in [1.807, 2.05) is 0 Å². The largest absolute Gasteiger partial charge is 0.507 e. The van der Waals surface area contributed by atoms with Crippen molar-refractivity contribution >= 4 is 39.8 Å². The molecule has 0 bridgehead atoms. The van der Waals surface area contributed by atoms with Crippen LogP contribution in [0.5, 0.6) is 5.75 Å². The molecular weight excluding hydrogens is 370 g/mol. The maximum atomic E-state index is 11.6. The van der Waals surface area contributed by atoms with Gasteiger partial charge >= 0.3 is 5.97 Å². The molecule has 27 heavy (non-hydrogen) atoms. The first-order valence-corrected chi connectivity index (χ1v) is 8.23. The molecule has 0 atom stereocenters. The number of halogens is 1. The Morgan fingerprint density at radius 1 is 1.19 bits per heavy atom. The average Bonchev–Trinajstić information content (AvgIpc) is 3.16. The third kappa shape index (κ3) is 3.04. The maximum absolute atomic E-state index is 11.6. The van der Waals surface area contributed by atoms with Gasteiger partial charge in [0.05, 0.1) is 28.7 Å². The van der Waals surface area contributed by atoms with Gasteiger partial charge in [-0.1, -0.05) is 17.7 Å². The summed E-state index contributed by atoms with van der Waals surface area (Å²) in [5.74, 6) is -1.30. The molecule has 0 saturated carbocycles. The second kappa shape index (κ2) is 6.62. The van der Waals surface area contributed by atoms with Crippen LogP contribution in [0.2, 0.25) is 5.02 Å². The Hall–Kier alpha value is -3.58. The summed E-state index contributed by atoms with van der Waals surface area (Å²) in [4.78, 5) is 20.1. The van der Waals surface area contributed by atoms with E-state index in [4.69, 9.17) is 16.0 Å². The molecule has 8 heteroatoms. The molecule has 4 rings (SSSR count). The highest BCUT2D eigenvalue weighted by Gasteiger charge is 2.19. The zero-order valence-electron chi connectivity index (χ0n) is 13.7. The van der Waals surface area contributed by atoms with Gasteiger partial charge in [-0.25, -0.2) is 9.78 Å². The molecule has 0 aliphatic carbocycles. The van der Waals surface area contributed by atoms with Gasteiger partial charge in [0, 0.05) is 16.6 Å². The number of carboxylic acids is 1. The quantitative estimate of drug-likeness (QED) is 0.470. The van der Waals surface area contributed by atoms with E-state index < -0.39 is 5.97 Å². The molecule has 2 aromatic carbocycles. The van der Waals surface area contributed by atoms with E-state index in [0.717, 1.165) is 0 Å². The van der Waals surface area contributed by atoms with Crippen molar-refractivity contribution in [1.82, 2.24) is 9.97 Å². The summed E-state index contributed by atoms with van der Waals surface area (Å²) in [6, 6.07) is 9.59. The first-order valence-electron chi connectivity index (χ1n) is 7.85. The van der Waals surface area contributed by atoms with Crippen molar-refractivity contribution in [2.24, 2.45) is 0 Å². The predicted octanol–water partition coefficient (Wildman–Crippen LogP) is 4.69. The minimum absolute atomic E-state index is 0.211. The lowest BCUT2D eigenvalue weighted by molar-refractivity contribution is 0.0695. The summed E-state index contributed by atoms with van der Waals surface area (Å²) in [6.07, 6.45) is 4.50. The molecule has 0 unspecified atom stereocenters. The highest BCUT2D eigenvalue weighted by Crippen LogP contribution is 2.38. The van der Waals surface area contributed by atoms with Crippen LogP contribution in [0.25, 0.3) is 22.4 Å². The highest BCUT2D eigenvalue weighted by atomic mass is 35.5. The number of benzene rings is 2. The molecule has 2 heterocycles. The molecule has 0 spiro atoms. The van der Waals surface area contributed by atoms with Gasteiger partial charge in [0.2, 0.25) is 5.89 Å². The van der Waals surface area contributed by atoms with Crippen LogP contribution in [0.4, 0.5) is 11.4 Å². The Kier molecular flexibility index (Phi) is 4.13. The van der Waals surface area contributed by atoms with Crippen molar-refractivity contribution < 1.29 is 19.4 Å². The topological polar surface area (TPSA) is 108 Å². The molecule has 0 saturated heterocycles. The number of hydrogen-bond acceptors (Lipinski definition) is 6. The monoisotopic (exact) mass is 381 g/mol. The van der Waals surface area contributed by atoms with Gasteiger partial charge in [-0.2, -0.15) is 0 Å². The lowest BCUT2D eigenvalue weighted by Crippen LogP contribution is -2.04. The van der Waals surface area contributed by atoms with E-state index >= 15 is 0 Å². The lowest BCUT2D eigenvalue weighted by atomic mass is 10.1. The minimum atomic E-state index is -1.26. The fourth-order valence-electron chi connectivity index (χ4n) is 2.82. The van der Waals surface area contributed by atoms with Gasteiger partial charge in [-0.05, 0) is 30.3 Å². The SMILES string of the molecule is O=C(O)c1c(O)cccc1Nc1c(-c2ncco2)cnc2ccc(Cl)cc12. The fourth-order valence-corrected chi connectivity index (χ4v) is 2.99. The fraction of sp³-hybridized carbons (Fsp3) is 0. The molecular formula is C19H12ClN3O4. The first kappa shape index (κ1) is 16.9. The summed E-state index contributed by atoms with van der Waals surface area (Å²) in [7, 11) is 0. The van der Waals surface area contributed by atoms with Gasteiger partial charge < -0.3 is 19.9 Å². The maximum Gasteiger partial charge on any atom is 0.341 e. The van der Waals surface area contributed by atoms with Gasteiger partial charge in [0.25, 0.3) is 0 Å². The molecule has 2 aromatic heterocycles. The smallest absolute Gasteiger partial charge is 0.341 e. The summed E-state index contributed by atoms with van der Waals surface area (Å²) >= 11 is 6.15. The first-order chi connectivity index (χ1) is 13.0. The molecule has 3 N–H and O–H groups in total. The van der Waals surface area contributed by atoms with E-state index in [9.17, 15) is 15.0 Å². The number of aromatic hydroxyl groups is 1. The number of rotatable bonds is 4. The number of carboxylic acid groups (broad SMARTS) is 1. The number of nitrogens with zero attached hydrogens (tertiary/aromatic N) is 2. The molecule has 134 valence electrons. The Morgan fingerprint density at radius 3 is 2.78 bits per heavy atom. The number of pyridine rings is 1. The van der Waals surface area contributed by atoms with Gasteiger partial charge in [0.1, 0.15) is 17.6 Å². The number of oxazole rings is 1. The molecule has 7 nitrogen and oxygen atoms in total. The number of carbonyl (C=O) groups is 1. The predicted molar refractivity (Wildman–Crippen MR) is 101 cm³/mol. The normalized spacial score (nSPS) is 10.9. The number of nitrogens with one attached hydrogen (secondary N) is 1.